The van der Waals surface area contributed by atoms with E-state index in [1.54, 1.807) is 0 Å². The normalized spacial score (nSPS) is 32.9. The molecule has 2 atom stereocenters. The van der Waals surface area contributed by atoms with E-state index in [1.165, 1.54) is 37.9 Å². The molecule has 2 heterocycles. The lowest BCUT2D eigenvalue weighted by Crippen LogP contribution is -2.45. The predicted molar refractivity (Wildman–Crippen MR) is 71.2 cm³/mol. The molecular formula is C13H22N2OS. The van der Waals surface area contributed by atoms with Crippen LogP contribution >= 0.6 is 11.8 Å². The molecule has 1 N–H and O–H groups in total. The molecule has 2 aliphatic heterocycles. The Hall–Kier alpha value is -0.220. The summed E-state index contributed by atoms with van der Waals surface area (Å²) < 4.78 is 0. The zero-order chi connectivity index (χ0) is 11.7. The smallest absolute Gasteiger partial charge is 0.235 e. The van der Waals surface area contributed by atoms with Crippen LogP contribution in [0.25, 0.3) is 0 Å². The number of nitrogens with zero attached hydrogens (tertiary/aromatic N) is 1. The third-order valence-corrected chi connectivity index (χ3v) is 5.42. The van der Waals surface area contributed by atoms with Crippen molar-refractivity contribution in [2.45, 2.75) is 55.9 Å². The molecule has 0 aromatic heterocycles. The monoisotopic (exact) mass is 254 g/mol. The van der Waals surface area contributed by atoms with Gasteiger partial charge in [0.15, 0.2) is 0 Å². The Balaban J connectivity index is 1.60. The van der Waals surface area contributed by atoms with Crippen LogP contribution in [0.1, 0.15) is 38.5 Å². The van der Waals surface area contributed by atoms with Gasteiger partial charge in [-0.15, -0.1) is 11.8 Å². The molecule has 0 aromatic carbocycles. The number of nitrogens with one attached hydrogen (secondary N) is 1. The molecule has 2 unspecified atom stereocenters. The van der Waals surface area contributed by atoms with Crippen LogP contribution < -0.4 is 5.32 Å². The first kappa shape index (κ1) is 11.8. The zero-order valence-corrected chi connectivity index (χ0v) is 11.2. The molecule has 17 heavy (non-hydrogen) atoms. The van der Waals surface area contributed by atoms with Crippen molar-refractivity contribution in [3.8, 4) is 0 Å². The van der Waals surface area contributed by atoms with Crippen LogP contribution in [0, 0.1) is 0 Å². The SMILES string of the molecule is O=C(C1CCCS1)N(CC1CCCN1)C1CC1. The summed E-state index contributed by atoms with van der Waals surface area (Å²) in [6.45, 7) is 2.09. The van der Waals surface area contributed by atoms with Crippen LogP contribution in [0.5, 0.6) is 0 Å². The van der Waals surface area contributed by atoms with Crippen LogP contribution in [0.3, 0.4) is 0 Å². The molecule has 3 nitrogen and oxygen atoms in total. The fourth-order valence-electron chi connectivity index (χ4n) is 2.91. The van der Waals surface area contributed by atoms with Gasteiger partial charge in [0, 0.05) is 18.6 Å². The van der Waals surface area contributed by atoms with Gasteiger partial charge in [-0.3, -0.25) is 4.79 Å². The van der Waals surface area contributed by atoms with E-state index < -0.39 is 0 Å². The average molecular weight is 254 g/mol. The van der Waals surface area contributed by atoms with E-state index in [4.69, 9.17) is 0 Å². The Bertz CT molecular complexity index is 281. The highest BCUT2D eigenvalue weighted by atomic mass is 32.2. The van der Waals surface area contributed by atoms with E-state index in [1.807, 2.05) is 11.8 Å². The second-order valence-corrected chi connectivity index (χ2v) is 6.83. The first-order valence-corrected chi connectivity index (χ1v) is 8.05. The van der Waals surface area contributed by atoms with Gasteiger partial charge in [0.2, 0.25) is 5.91 Å². The van der Waals surface area contributed by atoms with Crippen molar-refractivity contribution in [3.63, 3.8) is 0 Å². The second-order valence-electron chi connectivity index (χ2n) is 5.52. The van der Waals surface area contributed by atoms with Gasteiger partial charge in [-0.05, 0) is 50.8 Å². The van der Waals surface area contributed by atoms with Gasteiger partial charge in [-0.1, -0.05) is 0 Å². The zero-order valence-electron chi connectivity index (χ0n) is 10.4. The summed E-state index contributed by atoms with van der Waals surface area (Å²) in [4.78, 5) is 14.7. The number of thioether (sulfide) groups is 1. The molecule has 1 amide bonds. The van der Waals surface area contributed by atoms with Gasteiger partial charge < -0.3 is 10.2 Å². The first-order chi connectivity index (χ1) is 8.34. The molecule has 96 valence electrons. The Morgan fingerprint density at radius 1 is 1.24 bits per heavy atom. The van der Waals surface area contributed by atoms with Crippen LogP contribution in [-0.4, -0.2) is 47.0 Å². The van der Waals surface area contributed by atoms with Crippen molar-refractivity contribution in [2.75, 3.05) is 18.8 Å². The summed E-state index contributed by atoms with van der Waals surface area (Å²) in [6.07, 6.45) is 7.31. The maximum atomic E-state index is 12.5. The standard InChI is InChI=1S/C13H22N2OS/c16-13(12-4-2-8-17-12)15(11-5-6-11)9-10-3-1-7-14-10/h10-12,14H,1-9H2. The Kier molecular flexibility index (Phi) is 3.61. The summed E-state index contributed by atoms with van der Waals surface area (Å²) in [7, 11) is 0. The number of hydrogen-bond acceptors (Lipinski definition) is 3. The minimum absolute atomic E-state index is 0.275. The number of carbonyl (C=O) groups is 1. The minimum atomic E-state index is 0.275. The van der Waals surface area contributed by atoms with Crippen molar-refractivity contribution in [3.05, 3.63) is 0 Å². The van der Waals surface area contributed by atoms with E-state index in [-0.39, 0.29) is 5.25 Å². The van der Waals surface area contributed by atoms with Gasteiger partial charge in [0.25, 0.3) is 0 Å². The third-order valence-electron chi connectivity index (χ3n) is 4.06. The van der Waals surface area contributed by atoms with Crippen molar-refractivity contribution in [1.82, 2.24) is 10.2 Å². The fraction of sp³-hybridized carbons (Fsp3) is 0.923. The Morgan fingerprint density at radius 2 is 2.12 bits per heavy atom. The van der Waals surface area contributed by atoms with Crippen LogP contribution in [0.4, 0.5) is 0 Å². The number of amides is 1. The molecule has 0 radical (unpaired) electrons. The summed E-state index contributed by atoms with van der Waals surface area (Å²) in [5.74, 6) is 1.61. The maximum absolute atomic E-state index is 12.5. The third kappa shape index (κ3) is 2.79. The Labute approximate surface area is 108 Å². The molecule has 3 fully saturated rings. The number of carbonyl (C=O) groups excluding carboxylic acids is 1. The van der Waals surface area contributed by atoms with Crippen molar-refractivity contribution in [2.24, 2.45) is 0 Å². The van der Waals surface area contributed by atoms with Crippen LogP contribution in [0.2, 0.25) is 0 Å². The van der Waals surface area contributed by atoms with Gasteiger partial charge in [-0.25, -0.2) is 0 Å². The topological polar surface area (TPSA) is 32.3 Å². The van der Waals surface area contributed by atoms with E-state index in [9.17, 15) is 4.79 Å². The lowest BCUT2D eigenvalue weighted by Gasteiger charge is -2.28. The average Bonchev–Trinajstić information content (AvgIpc) is 2.86. The molecular weight excluding hydrogens is 232 g/mol. The molecule has 1 saturated carbocycles. The largest absolute Gasteiger partial charge is 0.337 e. The first-order valence-electron chi connectivity index (χ1n) is 7.00. The molecule has 0 bridgehead atoms. The lowest BCUT2D eigenvalue weighted by molar-refractivity contribution is -0.131. The molecule has 0 aromatic rings. The van der Waals surface area contributed by atoms with E-state index in [0.29, 0.717) is 18.0 Å². The highest BCUT2D eigenvalue weighted by molar-refractivity contribution is 8.00. The molecule has 2 saturated heterocycles. The predicted octanol–water partition coefficient (Wildman–Crippen LogP) is 1.62. The summed E-state index contributed by atoms with van der Waals surface area (Å²) in [6, 6.07) is 1.14. The van der Waals surface area contributed by atoms with E-state index >= 15 is 0 Å². The van der Waals surface area contributed by atoms with E-state index in [2.05, 4.69) is 10.2 Å². The quantitative estimate of drug-likeness (QED) is 0.827. The van der Waals surface area contributed by atoms with E-state index in [0.717, 1.165) is 19.5 Å². The second kappa shape index (κ2) is 5.19. The van der Waals surface area contributed by atoms with Gasteiger partial charge in [-0.2, -0.15) is 0 Å². The molecule has 1 aliphatic carbocycles. The van der Waals surface area contributed by atoms with Gasteiger partial charge >= 0.3 is 0 Å². The highest BCUT2D eigenvalue weighted by Gasteiger charge is 2.38. The summed E-state index contributed by atoms with van der Waals surface area (Å²) in [5, 5.41) is 3.79. The summed E-state index contributed by atoms with van der Waals surface area (Å²) >= 11 is 1.87. The Morgan fingerprint density at radius 3 is 2.71 bits per heavy atom. The molecule has 0 spiro atoms. The molecule has 3 aliphatic rings. The van der Waals surface area contributed by atoms with Crippen LogP contribution in [-0.2, 0) is 4.79 Å². The van der Waals surface area contributed by atoms with Crippen LogP contribution in [0.15, 0.2) is 0 Å². The van der Waals surface area contributed by atoms with Gasteiger partial charge in [0.1, 0.15) is 0 Å². The highest BCUT2D eigenvalue weighted by Crippen LogP contribution is 2.33. The van der Waals surface area contributed by atoms with Crippen molar-refractivity contribution >= 4 is 17.7 Å². The number of hydrogen-bond donors (Lipinski definition) is 1. The minimum Gasteiger partial charge on any atom is -0.337 e. The maximum Gasteiger partial charge on any atom is 0.235 e. The summed E-state index contributed by atoms with van der Waals surface area (Å²) in [5.41, 5.74) is 0. The van der Waals surface area contributed by atoms with Crippen molar-refractivity contribution < 1.29 is 4.79 Å². The fourth-order valence-corrected chi connectivity index (χ4v) is 4.14. The van der Waals surface area contributed by atoms with Crippen molar-refractivity contribution in [1.29, 1.82) is 0 Å². The number of rotatable bonds is 4. The lowest BCUT2D eigenvalue weighted by atomic mass is 10.2. The van der Waals surface area contributed by atoms with Gasteiger partial charge in [0.05, 0.1) is 5.25 Å². The molecule has 3 rings (SSSR count). The molecule has 4 heteroatoms.